The van der Waals surface area contributed by atoms with E-state index in [1.807, 2.05) is 6.08 Å². The van der Waals surface area contributed by atoms with Gasteiger partial charge in [-0.1, -0.05) is 105 Å². The van der Waals surface area contributed by atoms with E-state index in [0.717, 1.165) is 29.9 Å². The summed E-state index contributed by atoms with van der Waals surface area (Å²) in [7, 11) is 0. The minimum Gasteiger partial charge on any atom is -0.337 e. The predicted octanol–water partition coefficient (Wildman–Crippen LogP) is 12.9. The molecule has 0 saturated carbocycles. The van der Waals surface area contributed by atoms with Crippen molar-refractivity contribution in [2.45, 2.75) is 39.5 Å². The van der Waals surface area contributed by atoms with Gasteiger partial charge in [-0.2, -0.15) is 0 Å². The van der Waals surface area contributed by atoms with E-state index in [-0.39, 0.29) is 5.41 Å². The summed E-state index contributed by atoms with van der Waals surface area (Å²) in [5.41, 5.74) is 16.2. The summed E-state index contributed by atoms with van der Waals surface area (Å²) in [5, 5.41) is 3.79. The molecule has 3 nitrogen and oxygen atoms in total. The first kappa shape index (κ1) is 31.9. The summed E-state index contributed by atoms with van der Waals surface area (Å²) in [6.45, 7) is 14.0. The van der Waals surface area contributed by atoms with Crippen LogP contribution < -0.4 is 4.90 Å². The molecule has 1 aliphatic carbocycles. The first-order valence-corrected chi connectivity index (χ1v) is 18.4. The largest absolute Gasteiger partial charge is 0.337 e. The molecule has 0 fully saturated rings. The van der Waals surface area contributed by atoms with Gasteiger partial charge in [-0.25, -0.2) is 0 Å². The van der Waals surface area contributed by atoms with E-state index in [0.29, 0.717) is 0 Å². The molecule has 7 aromatic rings. The molecular weight excluding hydrogens is 631 g/mol. The molecule has 52 heavy (non-hydrogen) atoms. The van der Waals surface area contributed by atoms with E-state index >= 15 is 0 Å². The second-order valence-electron chi connectivity index (χ2n) is 14.5. The van der Waals surface area contributed by atoms with Crippen molar-refractivity contribution >= 4 is 68.0 Å². The van der Waals surface area contributed by atoms with E-state index in [4.69, 9.17) is 0 Å². The zero-order valence-corrected chi connectivity index (χ0v) is 30.4. The molecule has 0 saturated heterocycles. The zero-order chi connectivity index (χ0) is 35.6. The third-order valence-corrected chi connectivity index (χ3v) is 11.2. The number of allylic oxidation sites excluding steroid dienone is 5. The van der Waals surface area contributed by atoms with Crippen LogP contribution in [0.5, 0.6) is 0 Å². The summed E-state index contributed by atoms with van der Waals surface area (Å²) >= 11 is 0. The minimum absolute atomic E-state index is 0.164. The van der Waals surface area contributed by atoms with Crippen molar-refractivity contribution in [1.82, 2.24) is 9.13 Å². The number of para-hydroxylation sites is 3. The Morgan fingerprint density at radius 1 is 0.692 bits per heavy atom. The summed E-state index contributed by atoms with van der Waals surface area (Å²) in [5.74, 6) is 0. The Morgan fingerprint density at radius 2 is 1.48 bits per heavy atom. The Hall–Kier alpha value is -6.06. The van der Waals surface area contributed by atoms with Crippen molar-refractivity contribution in [3.63, 3.8) is 0 Å². The molecular formula is C49H43N3. The van der Waals surface area contributed by atoms with Crippen LogP contribution in [0.3, 0.4) is 0 Å². The van der Waals surface area contributed by atoms with Crippen LogP contribution in [0.25, 0.3) is 62.3 Å². The van der Waals surface area contributed by atoms with Gasteiger partial charge in [-0.05, 0) is 109 Å². The van der Waals surface area contributed by atoms with Gasteiger partial charge in [0.25, 0.3) is 0 Å². The number of benzene rings is 5. The average molecular weight is 674 g/mol. The molecule has 0 unspecified atom stereocenters. The van der Waals surface area contributed by atoms with E-state index in [1.165, 1.54) is 71.9 Å². The highest BCUT2D eigenvalue weighted by Crippen LogP contribution is 2.52. The Labute approximate surface area is 306 Å². The molecule has 2 aliphatic rings. The molecule has 5 aromatic carbocycles. The lowest BCUT2D eigenvalue weighted by Crippen LogP contribution is -2.21. The van der Waals surface area contributed by atoms with Gasteiger partial charge < -0.3 is 14.0 Å². The van der Waals surface area contributed by atoms with E-state index in [9.17, 15) is 0 Å². The first-order valence-electron chi connectivity index (χ1n) is 18.4. The number of hydrogen-bond acceptors (Lipinski definition) is 1. The summed E-state index contributed by atoms with van der Waals surface area (Å²) in [4.78, 5) is 2.50. The van der Waals surface area contributed by atoms with Crippen LogP contribution in [0, 0.1) is 0 Å². The van der Waals surface area contributed by atoms with Crippen LogP contribution in [0.1, 0.15) is 55.6 Å². The van der Waals surface area contributed by atoms with Crippen LogP contribution in [0.15, 0.2) is 146 Å². The quantitative estimate of drug-likeness (QED) is 0.177. The number of anilines is 2. The Balaban J connectivity index is 1.22. The van der Waals surface area contributed by atoms with Crippen molar-refractivity contribution in [3.8, 4) is 5.69 Å². The minimum atomic E-state index is -0.164. The second-order valence-corrected chi connectivity index (χ2v) is 14.5. The maximum absolute atomic E-state index is 4.29. The fourth-order valence-electron chi connectivity index (χ4n) is 8.87. The molecule has 0 spiro atoms. The highest BCUT2D eigenvalue weighted by atomic mass is 15.1. The van der Waals surface area contributed by atoms with Gasteiger partial charge in [0.2, 0.25) is 0 Å². The Kier molecular flexibility index (Phi) is 7.55. The third kappa shape index (κ3) is 4.73. The van der Waals surface area contributed by atoms with Crippen molar-refractivity contribution < 1.29 is 0 Å². The highest BCUT2D eigenvalue weighted by Gasteiger charge is 2.39. The summed E-state index contributed by atoms with van der Waals surface area (Å²) in [6.07, 6.45) is 16.5. The van der Waals surface area contributed by atoms with Crippen molar-refractivity contribution in [2.24, 2.45) is 0 Å². The number of rotatable bonds is 5. The fourth-order valence-corrected chi connectivity index (χ4v) is 8.87. The summed E-state index contributed by atoms with van der Waals surface area (Å²) < 4.78 is 4.71. The Bertz CT molecular complexity index is 2690. The van der Waals surface area contributed by atoms with Crippen molar-refractivity contribution in [2.75, 3.05) is 11.4 Å². The first-order chi connectivity index (χ1) is 25.4. The lowest BCUT2D eigenvalue weighted by Gasteiger charge is -2.28. The van der Waals surface area contributed by atoms with Crippen molar-refractivity contribution in [3.05, 3.63) is 174 Å². The number of aromatic nitrogens is 2. The smallest absolute Gasteiger partial charge is 0.0542 e. The van der Waals surface area contributed by atoms with E-state index in [2.05, 4.69) is 194 Å². The van der Waals surface area contributed by atoms with Crippen LogP contribution in [0.4, 0.5) is 11.4 Å². The van der Waals surface area contributed by atoms with Crippen LogP contribution >= 0.6 is 0 Å². The number of hydrogen-bond donors (Lipinski definition) is 0. The zero-order valence-electron chi connectivity index (χ0n) is 30.4. The van der Waals surface area contributed by atoms with Gasteiger partial charge in [0.05, 0.1) is 22.2 Å². The Morgan fingerprint density at radius 3 is 2.29 bits per heavy atom. The molecule has 3 heteroatoms. The predicted molar refractivity (Wildman–Crippen MR) is 225 cm³/mol. The number of nitrogens with zero attached hydrogens (tertiary/aromatic N) is 3. The monoisotopic (exact) mass is 673 g/mol. The molecule has 1 aliphatic heterocycles. The molecule has 0 amide bonds. The number of fused-ring (bicyclic) bond motifs is 8. The van der Waals surface area contributed by atoms with Crippen LogP contribution in [-0.4, -0.2) is 15.7 Å². The lowest BCUT2D eigenvalue weighted by molar-refractivity contribution is 0.659. The highest BCUT2D eigenvalue weighted by molar-refractivity contribution is 6.12. The molecule has 2 aromatic heterocycles. The molecule has 9 rings (SSSR count). The molecule has 0 bridgehead atoms. The molecule has 0 radical (unpaired) electrons. The standard InChI is InChI=1S/C49H43N3/c1-6-16-46-36(8-3)40-30-35(24-26-47(40)52(46)34-18-10-9-11-19-34)50-29-27-42-37(25-23-33-17-12-14-21-44(33)50)39-31-41-38-20-13-15-22-45(38)51(28-7-2)48(41)32-43(39)49(42,4)5/h6-22,24-28,30-32H,3,23,29H2,1-2,4-5H3/b16-6-,28-7+,37-25-,42-27+. The lowest BCUT2D eigenvalue weighted by atomic mass is 9.81. The molecule has 0 N–H and O–H groups in total. The van der Waals surface area contributed by atoms with E-state index in [1.54, 1.807) is 0 Å². The van der Waals surface area contributed by atoms with Crippen molar-refractivity contribution in [1.29, 1.82) is 0 Å². The maximum Gasteiger partial charge on any atom is 0.0542 e. The normalized spacial score (nSPS) is 17.4. The van der Waals surface area contributed by atoms with Crippen LogP contribution in [0.2, 0.25) is 0 Å². The van der Waals surface area contributed by atoms with Gasteiger partial charge >= 0.3 is 0 Å². The molecule has 254 valence electrons. The third-order valence-electron chi connectivity index (χ3n) is 11.2. The topological polar surface area (TPSA) is 13.1 Å². The van der Waals surface area contributed by atoms with Gasteiger partial charge in [0.15, 0.2) is 0 Å². The fraction of sp³-hybridized carbons (Fsp3) is 0.143. The summed E-state index contributed by atoms with van der Waals surface area (Å²) in [6, 6.07) is 40.2. The molecule has 0 atom stereocenters. The SMILES string of the molecule is C=Cc1c(/C=C\C)n(-c2ccccc2)c2ccc(N3C/C=C4\C(=C/Cc5ccccc53)c3cc5c6ccccc6n(/C=C/C)c5cc3C4(C)C)cc12. The van der Waals surface area contributed by atoms with Gasteiger partial charge in [0.1, 0.15) is 0 Å². The second kappa shape index (κ2) is 12.3. The molecule has 3 heterocycles. The van der Waals surface area contributed by atoms with Gasteiger partial charge in [-0.3, -0.25) is 0 Å². The maximum atomic E-state index is 4.29. The van der Waals surface area contributed by atoms with E-state index < -0.39 is 0 Å². The van der Waals surface area contributed by atoms with Gasteiger partial charge in [-0.15, -0.1) is 0 Å². The van der Waals surface area contributed by atoms with Gasteiger partial charge in [0, 0.05) is 56.9 Å². The average Bonchev–Trinajstić information content (AvgIpc) is 3.74. The van der Waals surface area contributed by atoms with Crippen LogP contribution in [-0.2, 0) is 11.8 Å².